The minimum Gasteiger partial charge on any atom is -0.481 e. The predicted octanol–water partition coefficient (Wildman–Crippen LogP) is -0.280. The minimum absolute atomic E-state index is 0.347. The lowest BCUT2D eigenvalue weighted by atomic mass is 10.1. The van der Waals surface area contributed by atoms with Crippen LogP contribution in [-0.4, -0.2) is 45.0 Å². The van der Waals surface area contributed by atoms with E-state index in [-0.39, 0.29) is 5.78 Å². The molecule has 8 heteroatoms. The molecule has 122 valence electrons. The molecular formula is C15H17N3O5. The topological polar surface area (TPSA) is 159 Å². The van der Waals surface area contributed by atoms with Gasteiger partial charge in [0, 0.05) is 23.5 Å². The summed E-state index contributed by atoms with van der Waals surface area (Å²) in [6.07, 6.45) is 2.16. The van der Waals surface area contributed by atoms with Gasteiger partial charge in [0.2, 0.25) is 0 Å². The van der Waals surface area contributed by atoms with Gasteiger partial charge in [-0.1, -0.05) is 18.2 Å². The van der Waals surface area contributed by atoms with Crippen molar-refractivity contribution in [1.29, 1.82) is 0 Å². The number of hydrogen-bond donors (Lipinski definition) is 5. The number of carbonyl (C=O) groups excluding carboxylic acids is 1. The third-order valence-electron chi connectivity index (χ3n) is 3.58. The number of carboxylic acids is 2. The van der Waals surface area contributed by atoms with Crippen LogP contribution in [0, 0.1) is 5.92 Å². The molecule has 1 fully saturated rings. The Bertz CT molecular complexity index is 746. The van der Waals surface area contributed by atoms with Crippen LogP contribution in [0.2, 0.25) is 0 Å². The van der Waals surface area contributed by atoms with E-state index in [9.17, 15) is 14.4 Å². The molecule has 1 heterocycles. The molecule has 7 N–H and O–H groups in total. The van der Waals surface area contributed by atoms with Gasteiger partial charge in [-0.2, -0.15) is 0 Å². The number of hydrogen-bond acceptors (Lipinski definition) is 5. The fourth-order valence-corrected chi connectivity index (χ4v) is 2.16. The first-order valence-corrected chi connectivity index (χ1v) is 6.88. The van der Waals surface area contributed by atoms with Crippen molar-refractivity contribution in [3.05, 3.63) is 36.0 Å². The van der Waals surface area contributed by atoms with Crippen molar-refractivity contribution in [2.24, 2.45) is 17.4 Å². The van der Waals surface area contributed by atoms with Gasteiger partial charge >= 0.3 is 11.9 Å². The Labute approximate surface area is 131 Å². The second kappa shape index (κ2) is 6.59. The quantitative estimate of drug-likeness (QED) is 0.484. The van der Waals surface area contributed by atoms with Crippen molar-refractivity contribution in [3.8, 4) is 0 Å². The van der Waals surface area contributed by atoms with Gasteiger partial charge in [0.05, 0.1) is 6.04 Å². The van der Waals surface area contributed by atoms with Gasteiger partial charge in [0.1, 0.15) is 12.0 Å². The normalized spacial score (nSPS) is 20.5. The Kier molecular flexibility index (Phi) is 4.77. The maximum Gasteiger partial charge on any atom is 0.320 e. The van der Waals surface area contributed by atoms with E-state index in [1.807, 2.05) is 30.5 Å². The van der Waals surface area contributed by atoms with E-state index >= 15 is 0 Å². The van der Waals surface area contributed by atoms with Gasteiger partial charge in [-0.05, 0) is 11.6 Å². The van der Waals surface area contributed by atoms with Crippen molar-refractivity contribution < 1.29 is 24.6 Å². The Balaban J connectivity index is 0.000000203. The van der Waals surface area contributed by atoms with Crippen molar-refractivity contribution in [3.63, 3.8) is 0 Å². The van der Waals surface area contributed by atoms with Crippen LogP contribution >= 0.6 is 0 Å². The smallest absolute Gasteiger partial charge is 0.320 e. The summed E-state index contributed by atoms with van der Waals surface area (Å²) in [5.41, 5.74) is 12.4. The van der Waals surface area contributed by atoms with Gasteiger partial charge in [0.15, 0.2) is 5.78 Å². The lowest BCUT2D eigenvalue weighted by Crippen LogP contribution is -2.32. The highest BCUT2D eigenvalue weighted by Gasteiger charge is 2.52. The number of benzene rings is 1. The van der Waals surface area contributed by atoms with E-state index in [2.05, 4.69) is 4.98 Å². The highest BCUT2D eigenvalue weighted by atomic mass is 16.4. The standard InChI is InChI=1S/C11H12N2O2.C4H5NO3/c12-9(11(14)15)5-7-6-13-10-4-2-1-3-8(7)10;5-2-1(3(2)6)4(7)8/h1-4,6,9,13H,5,12H2,(H,14,15);1-2H,5H2,(H,7,8)/t9-;/m0./s1. The van der Waals surface area contributed by atoms with Crippen molar-refractivity contribution in [2.75, 3.05) is 0 Å². The molecule has 1 aliphatic rings. The van der Waals surface area contributed by atoms with Crippen molar-refractivity contribution >= 4 is 28.6 Å². The fraction of sp³-hybridized carbons (Fsp3) is 0.267. The van der Waals surface area contributed by atoms with Crippen LogP contribution in [0.5, 0.6) is 0 Å². The molecule has 0 radical (unpaired) electrons. The lowest BCUT2D eigenvalue weighted by Gasteiger charge is -2.04. The number of rotatable bonds is 4. The molecule has 0 aliphatic heterocycles. The van der Waals surface area contributed by atoms with Crippen LogP contribution in [0.25, 0.3) is 10.9 Å². The van der Waals surface area contributed by atoms with Crippen LogP contribution in [0.1, 0.15) is 5.56 Å². The zero-order valence-electron chi connectivity index (χ0n) is 12.1. The molecule has 1 aliphatic carbocycles. The summed E-state index contributed by atoms with van der Waals surface area (Å²) in [7, 11) is 0. The highest BCUT2D eigenvalue weighted by Crippen LogP contribution is 2.22. The fourth-order valence-electron chi connectivity index (χ4n) is 2.16. The number of aromatic amines is 1. The third-order valence-corrected chi connectivity index (χ3v) is 3.58. The Morgan fingerprint density at radius 3 is 2.35 bits per heavy atom. The molecule has 8 nitrogen and oxygen atoms in total. The first-order chi connectivity index (χ1) is 10.8. The first kappa shape index (κ1) is 16.7. The largest absolute Gasteiger partial charge is 0.481 e. The number of carbonyl (C=O) groups is 3. The summed E-state index contributed by atoms with van der Waals surface area (Å²) in [5, 5.41) is 17.8. The van der Waals surface area contributed by atoms with E-state index in [1.54, 1.807) is 0 Å². The number of carboxylic acid groups (broad SMARTS) is 2. The molecule has 1 aromatic carbocycles. The van der Waals surface area contributed by atoms with Crippen LogP contribution in [-0.2, 0) is 20.8 Å². The summed E-state index contributed by atoms with van der Waals surface area (Å²) in [6, 6.07) is 6.18. The number of nitrogens with one attached hydrogen (secondary N) is 1. The van der Waals surface area contributed by atoms with Gasteiger partial charge < -0.3 is 26.7 Å². The third kappa shape index (κ3) is 3.74. The number of Topliss-reactive ketones (excluding diaryl/α,β-unsaturated/α-hetero) is 1. The van der Waals surface area contributed by atoms with E-state index in [0.29, 0.717) is 6.42 Å². The van der Waals surface area contributed by atoms with Crippen molar-refractivity contribution in [2.45, 2.75) is 18.5 Å². The second-order valence-corrected chi connectivity index (χ2v) is 5.25. The highest BCUT2D eigenvalue weighted by molar-refractivity contribution is 6.16. The van der Waals surface area contributed by atoms with E-state index in [4.69, 9.17) is 21.7 Å². The molecule has 3 atom stereocenters. The number of aromatic nitrogens is 1. The van der Waals surface area contributed by atoms with Crippen LogP contribution in [0.4, 0.5) is 0 Å². The minimum atomic E-state index is -1.11. The van der Waals surface area contributed by atoms with Crippen LogP contribution < -0.4 is 11.5 Å². The molecule has 0 spiro atoms. The van der Waals surface area contributed by atoms with Gasteiger partial charge in [-0.15, -0.1) is 0 Å². The second-order valence-electron chi connectivity index (χ2n) is 5.25. The summed E-state index contributed by atoms with van der Waals surface area (Å²) in [4.78, 5) is 33.7. The van der Waals surface area contributed by atoms with Gasteiger partial charge in [-0.3, -0.25) is 14.4 Å². The van der Waals surface area contributed by atoms with E-state index in [1.165, 1.54) is 0 Å². The first-order valence-electron chi connectivity index (χ1n) is 6.88. The maximum absolute atomic E-state index is 10.6. The van der Waals surface area contributed by atoms with Crippen molar-refractivity contribution in [1.82, 2.24) is 4.98 Å². The van der Waals surface area contributed by atoms with Crippen LogP contribution in [0.3, 0.4) is 0 Å². The molecule has 3 rings (SSSR count). The molecular weight excluding hydrogens is 302 g/mol. The monoisotopic (exact) mass is 319 g/mol. The SMILES string of the molecule is NC1C(=O)C1C(=O)O.N[C@@H](Cc1c[nH]c2ccccc12)C(=O)O. The maximum atomic E-state index is 10.6. The summed E-state index contributed by atoms with van der Waals surface area (Å²) >= 11 is 0. The zero-order chi connectivity index (χ0) is 17.1. The average molecular weight is 319 g/mol. The van der Waals surface area contributed by atoms with Crippen LogP contribution in [0.15, 0.2) is 30.5 Å². The number of aliphatic carboxylic acids is 2. The molecule has 1 aromatic heterocycles. The molecule has 0 amide bonds. The summed E-state index contributed by atoms with van der Waals surface area (Å²) in [6.45, 7) is 0. The molecule has 0 bridgehead atoms. The number of fused-ring (bicyclic) bond motifs is 1. The summed E-state index contributed by atoms with van der Waals surface area (Å²) < 4.78 is 0. The lowest BCUT2D eigenvalue weighted by molar-refractivity contribution is -0.140. The molecule has 1 saturated carbocycles. The molecule has 23 heavy (non-hydrogen) atoms. The van der Waals surface area contributed by atoms with E-state index < -0.39 is 29.9 Å². The number of nitrogens with two attached hydrogens (primary N) is 2. The predicted molar refractivity (Wildman–Crippen MR) is 81.7 cm³/mol. The zero-order valence-corrected chi connectivity index (χ0v) is 12.1. The summed E-state index contributed by atoms with van der Waals surface area (Å²) in [5.74, 6) is -3.35. The Morgan fingerprint density at radius 1 is 1.26 bits per heavy atom. The number of para-hydroxylation sites is 1. The molecule has 0 saturated heterocycles. The average Bonchev–Trinajstić information content (AvgIpc) is 2.93. The number of ketones is 1. The van der Waals surface area contributed by atoms with Gasteiger partial charge in [0.25, 0.3) is 0 Å². The molecule has 2 aromatic rings. The number of H-pyrrole nitrogens is 1. The van der Waals surface area contributed by atoms with Gasteiger partial charge in [-0.25, -0.2) is 0 Å². The van der Waals surface area contributed by atoms with E-state index in [0.717, 1.165) is 16.5 Å². The Morgan fingerprint density at radius 2 is 1.87 bits per heavy atom. The Hall–Kier alpha value is -2.71. The molecule has 2 unspecified atom stereocenters.